The van der Waals surface area contributed by atoms with E-state index in [9.17, 15) is 0 Å². The van der Waals surface area contributed by atoms with Crippen LogP contribution in [0.5, 0.6) is 0 Å². The molecule has 0 saturated carbocycles. The number of hydrogen-bond acceptors (Lipinski definition) is 0. The molecule has 0 aliphatic rings. The van der Waals surface area contributed by atoms with Crippen LogP contribution in [0.1, 0.15) is 0 Å². The first kappa shape index (κ1) is 39.8. The number of benzene rings is 11. The summed E-state index contributed by atoms with van der Waals surface area (Å²) in [7, 11) is -2.88. The number of hydrogen-bond donors (Lipinski definition) is 0. The van der Waals surface area contributed by atoms with Crippen molar-refractivity contribution in [3.8, 4) is 22.7 Å². The molecule has 71 heavy (non-hydrogen) atoms. The third-order valence-electron chi connectivity index (χ3n) is 15.3. The molecule has 15 rings (SSSR count). The van der Waals surface area contributed by atoms with Gasteiger partial charge >= 0.3 is 0 Å². The highest BCUT2D eigenvalue weighted by Crippen LogP contribution is 2.43. The maximum absolute atomic E-state index is 2.88. The maximum atomic E-state index is 2.51. The van der Waals surface area contributed by atoms with Crippen molar-refractivity contribution in [2.24, 2.45) is 0 Å². The lowest BCUT2D eigenvalue weighted by Crippen LogP contribution is -2.74. The van der Waals surface area contributed by atoms with Crippen LogP contribution in [0.15, 0.2) is 267 Å². The van der Waals surface area contributed by atoms with Crippen molar-refractivity contribution in [1.82, 2.24) is 18.3 Å². The highest BCUT2D eigenvalue weighted by molar-refractivity contribution is 7.20. The van der Waals surface area contributed by atoms with Crippen LogP contribution in [0.2, 0.25) is 0 Å². The molecule has 0 atom stereocenters. The van der Waals surface area contributed by atoms with Crippen molar-refractivity contribution in [2.45, 2.75) is 0 Å². The molecule has 0 amide bonds. The molecule has 11 aromatic carbocycles. The van der Waals surface area contributed by atoms with Gasteiger partial charge in [-0.05, 0) is 112 Å². The molecule has 0 saturated heterocycles. The minimum absolute atomic E-state index is 1.12. The van der Waals surface area contributed by atoms with Crippen molar-refractivity contribution in [3.63, 3.8) is 0 Å². The van der Waals surface area contributed by atoms with E-state index in [0.717, 1.165) is 17.1 Å². The van der Waals surface area contributed by atoms with Crippen LogP contribution in [0.25, 0.3) is 99.2 Å². The monoisotopic (exact) mass is 920 g/mol. The molecule has 0 bridgehead atoms. The van der Waals surface area contributed by atoms with E-state index in [-0.39, 0.29) is 0 Å². The predicted molar refractivity (Wildman–Crippen MR) is 301 cm³/mol. The summed E-state index contributed by atoms with van der Waals surface area (Å²) in [6.07, 6.45) is 0. The molecule has 4 nitrogen and oxygen atoms in total. The second-order valence-corrected chi connectivity index (χ2v) is 22.6. The Kier molecular flexibility index (Phi) is 8.64. The van der Waals surface area contributed by atoms with Gasteiger partial charge in [0.25, 0.3) is 0 Å². The molecular weight excluding hydrogens is 877 g/mol. The zero-order chi connectivity index (χ0) is 46.6. The third-order valence-corrected chi connectivity index (χ3v) is 20.1. The van der Waals surface area contributed by atoms with Gasteiger partial charge in [-0.1, -0.05) is 176 Å². The van der Waals surface area contributed by atoms with E-state index < -0.39 is 8.07 Å². The smallest absolute Gasteiger partial charge is 0.180 e. The Labute approximate surface area is 411 Å². The molecule has 4 aromatic heterocycles. The number of nitrogens with zero attached hydrogens (tertiary/aromatic N) is 4. The van der Waals surface area contributed by atoms with E-state index >= 15 is 0 Å². The summed E-state index contributed by atoms with van der Waals surface area (Å²) in [6, 6.07) is 99.2. The van der Waals surface area contributed by atoms with Crippen LogP contribution in [-0.2, 0) is 0 Å². The topological polar surface area (TPSA) is 19.7 Å². The lowest BCUT2D eigenvalue weighted by molar-refractivity contribution is 1.13. The maximum Gasteiger partial charge on any atom is 0.180 e. The average Bonchev–Trinajstić information content (AvgIpc) is 4.18. The van der Waals surface area contributed by atoms with Crippen molar-refractivity contribution in [2.75, 3.05) is 0 Å². The zero-order valence-corrected chi connectivity index (χ0v) is 39.7. The fourth-order valence-electron chi connectivity index (χ4n) is 12.5. The summed E-state index contributed by atoms with van der Waals surface area (Å²) in [6.45, 7) is 0. The Morgan fingerprint density at radius 3 is 1.13 bits per heavy atom. The van der Waals surface area contributed by atoms with Crippen molar-refractivity contribution in [3.05, 3.63) is 267 Å². The van der Waals surface area contributed by atoms with Crippen molar-refractivity contribution in [1.29, 1.82) is 0 Å². The van der Waals surface area contributed by atoms with Gasteiger partial charge in [0.05, 0.1) is 44.1 Å². The van der Waals surface area contributed by atoms with E-state index in [2.05, 4.69) is 285 Å². The van der Waals surface area contributed by atoms with Gasteiger partial charge in [-0.3, -0.25) is 0 Å². The molecule has 332 valence electrons. The number of fused-ring (bicyclic) bond motifs is 6. The Morgan fingerprint density at radius 2 is 0.563 bits per heavy atom. The summed E-state index contributed by atoms with van der Waals surface area (Å²) in [4.78, 5) is 0. The number of aromatic nitrogens is 4. The molecule has 5 heteroatoms. The van der Waals surface area contributed by atoms with Gasteiger partial charge in [-0.15, -0.1) is 0 Å². The van der Waals surface area contributed by atoms with Gasteiger partial charge in [0.1, 0.15) is 0 Å². The minimum Gasteiger partial charge on any atom is -0.309 e. The molecule has 0 unspecified atom stereocenters. The van der Waals surface area contributed by atoms with Crippen LogP contribution in [-0.4, -0.2) is 26.3 Å². The fourth-order valence-corrected chi connectivity index (χ4v) is 17.5. The molecule has 0 spiro atoms. The number of para-hydroxylation sites is 3. The Hall–Kier alpha value is -9.16. The van der Waals surface area contributed by atoms with Crippen LogP contribution in [0.3, 0.4) is 0 Å². The van der Waals surface area contributed by atoms with Crippen LogP contribution in [0, 0.1) is 0 Å². The quantitative estimate of drug-likeness (QED) is 0.107. The van der Waals surface area contributed by atoms with E-state index in [4.69, 9.17) is 0 Å². The van der Waals surface area contributed by atoms with E-state index in [1.54, 1.807) is 0 Å². The minimum atomic E-state index is -2.88. The summed E-state index contributed by atoms with van der Waals surface area (Å²) in [5.74, 6) is 0. The number of rotatable bonds is 8. The van der Waals surface area contributed by atoms with Crippen LogP contribution in [0.4, 0.5) is 0 Å². The Balaban J connectivity index is 0.935. The first-order valence-electron chi connectivity index (χ1n) is 24.5. The van der Waals surface area contributed by atoms with Gasteiger partial charge in [-0.25, -0.2) is 0 Å². The molecule has 15 aromatic rings. The SMILES string of the molecule is c1ccc(-n2c3cccc4c3c3c2cccc3n4-c2cccc(-n3c4ccccc4c4cc(-n5c6ccccc6c6c([Si](c7ccccc7)(c7ccccc7)c7ccccc7)cccc65)ccc43)c2)cc1. The van der Waals surface area contributed by atoms with Gasteiger partial charge in [0, 0.05) is 55.1 Å². The van der Waals surface area contributed by atoms with Gasteiger partial charge < -0.3 is 18.3 Å². The highest BCUT2D eigenvalue weighted by atomic mass is 28.3. The largest absolute Gasteiger partial charge is 0.309 e. The van der Waals surface area contributed by atoms with Crippen LogP contribution >= 0.6 is 0 Å². The predicted octanol–water partition coefficient (Wildman–Crippen LogP) is 13.7. The summed E-state index contributed by atoms with van der Waals surface area (Å²) in [5, 5.41) is 13.1. The summed E-state index contributed by atoms with van der Waals surface area (Å²) < 4.78 is 9.82. The molecule has 0 aliphatic carbocycles. The van der Waals surface area contributed by atoms with Crippen LogP contribution < -0.4 is 20.7 Å². The fraction of sp³-hybridized carbons (Fsp3) is 0. The molecule has 0 radical (unpaired) electrons. The average molecular weight is 921 g/mol. The van der Waals surface area contributed by atoms with Gasteiger partial charge in [0.15, 0.2) is 8.07 Å². The second-order valence-electron chi connectivity index (χ2n) is 18.8. The lowest BCUT2D eigenvalue weighted by Gasteiger charge is -2.35. The van der Waals surface area contributed by atoms with E-state index in [1.165, 1.54) is 103 Å². The van der Waals surface area contributed by atoms with Crippen molar-refractivity contribution < 1.29 is 0 Å². The molecule has 0 fully saturated rings. The lowest BCUT2D eigenvalue weighted by atomic mass is 10.1. The van der Waals surface area contributed by atoms with E-state index in [0.29, 0.717) is 0 Å². The second kappa shape index (κ2) is 15.4. The van der Waals surface area contributed by atoms with Crippen molar-refractivity contribution >= 4 is 105 Å². The Morgan fingerprint density at radius 1 is 0.211 bits per heavy atom. The standard InChI is InChI=1S/C66H44N4Si/c1-5-21-45(22-6-1)67-59-35-18-37-61-65(59)66-60(67)36-19-38-62(66)70(61)47-24-17-23-46(43-47)68-55-33-15-13-31-52(55)54-44-48(41-42-57(54)68)69-56-34-16-14-32-53(56)64-58(69)39-20-40-63(64)71(49-25-7-2-8-26-49,50-27-9-3-10-28-50)51-29-11-4-12-30-51/h1-44H. The highest BCUT2D eigenvalue weighted by Gasteiger charge is 2.43. The third kappa shape index (κ3) is 5.61. The van der Waals surface area contributed by atoms with Gasteiger partial charge in [-0.2, -0.15) is 0 Å². The summed E-state index contributed by atoms with van der Waals surface area (Å²) >= 11 is 0. The normalized spacial score (nSPS) is 12.2. The molecule has 4 heterocycles. The van der Waals surface area contributed by atoms with E-state index in [1.807, 2.05) is 0 Å². The molecular formula is C66H44N4Si. The molecule has 0 aliphatic heterocycles. The van der Waals surface area contributed by atoms with Gasteiger partial charge in [0.2, 0.25) is 0 Å². The first-order chi connectivity index (χ1) is 35.3. The summed E-state index contributed by atoms with van der Waals surface area (Å²) in [5.41, 5.74) is 14.2. The zero-order valence-electron chi connectivity index (χ0n) is 38.7. The molecule has 0 N–H and O–H groups in total. The first-order valence-corrected chi connectivity index (χ1v) is 26.5. The Bertz CT molecular complexity index is 4340.